The highest BCUT2D eigenvalue weighted by molar-refractivity contribution is 6.20. The lowest BCUT2D eigenvalue weighted by Gasteiger charge is -2.14. The Bertz CT molecular complexity index is 7670. The van der Waals surface area contributed by atoms with Gasteiger partial charge < -0.3 is 47.8 Å². The van der Waals surface area contributed by atoms with Crippen molar-refractivity contribution in [3.63, 3.8) is 0 Å². The fraction of sp³-hybridized carbons (Fsp3) is 0. The molecule has 24 aromatic rings. The number of pyridine rings is 1. The van der Waals surface area contributed by atoms with Crippen molar-refractivity contribution in [3.8, 4) is 136 Å². The molecule has 8 heterocycles. The van der Waals surface area contributed by atoms with Crippen LogP contribution in [0.3, 0.4) is 0 Å². The molecule has 4 radical (unpaired) electrons. The van der Waals surface area contributed by atoms with Crippen molar-refractivity contribution in [1.82, 2.24) is 53.2 Å². The Labute approximate surface area is 784 Å². The van der Waals surface area contributed by atoms with Crippen LogP contribution in [-0.4, -0.2) is 104 Å². The molecule has 644 valence electrons. The maximum absolute atomic E-state index is 9.11. The third kappa shape index (κ3) is 17.3. The molecule has 0 aliphatic heterocycles. The maximum atomic E-state index is 9.11. The van der Waals surface area contributed by atoms with E-state index in [2.05, 4.69) is 152 Å². The van der Waals surface area contributed by atoms with E-state index in [-0.39, 0.29) is 0 Å². The number of rotatable bonds is 20. The van der Waals surface area contributed by atoms with Gasteiger partial charge in [-0.15, -0.1) is 0 Å². The van der Waals surface area contributed by atoms with Crippen LogP contribution in [0.15, 0.2) is 443 Å². The largest absolute Gasteiger partial charge is 0.569 e. The molecule has 16 aromatic carbocycles. The molecule has 4 N–H and O–H groups in total. The molecule has 0 fully saturated rings. The summed E-state index contributed by atoms with van der Waals surface area (Å²) in [5.74, 6) is 4.99. The fourth-order valence-electron chi connectivity index (χ4n) is 17.6. The fourth-order valence-corrected chi connectivity index (χ4v) is 17.6. The summed E-state index contributed by atoms with van der Waals surface area (Å²) < 4.78 is 29.6. The SMILES string of the molecule is O[B]Oc1ccc2c(c1)c1ccccc1n2-c1cc(-c2ccccc2)nc(-c2ccccc2)c1.O[B]Oc1ccc2c(c1)c1ccccc1n2-c1cc(-c2ccccc2)nc(-c2ccccc2)n1.O[B]Oc1ccc2c(c1)c1ccccc1n2-c1cnc(-c2ccccc2)nc1-c1ccccc1.O[B]Oc1ccc2c(c1)c1ccccc1n2-c1nc(-c2ccccc2)cc(-c2ccccc2)n1. The molecule has 23 heteroatoms. The van der Waals surface area contributed by atoms with E-state index in [0.29, 0.717) is 71.3 Å². The van der Waals surface area contributed by atoms with Crippen LogP contribution >= 0.6 is 0 Å². The normalized spacial score (nSPS) is 11.1. The molecule has 0 saturated heterocycles. The van der Waals surface area contributed by atoms with Gasteiger partial charge >= 0.3 is 30.7 Å². The highest BCUT2D eigenvalue weighted by Gasteiger charge is 2.24. The first-order valence-corrected chi connectivity index (χ1v) is 44.0. The van der Waals surface area contributed by atoms with E-state index in [9.17, 15) is 0 Å². The van der Waals surface area contributed by atoms with Crippen LogP contribution in [0.25, 0.3) is 201 Å². The van der Waals surface area contributed by atoms with E-state index >= 15 is 0 Å². The molecule has 8 aromatic heterocycles. The standard InChI is InChI=1S/C29H20BN2O2.3C28H19BN3O2/c33-30-34-23-15-16-29-25(19-23)24-13-7-8-14-28(24)32(29)22-17-26(20-9-3-1-4-10-20)31-27(18-22)21-11-5-2-6-12-21;33-29-34-21-15-16-27-23(17-21)22-13-7-8-14-26(22)32(27)28-30-24(19-9-3-1-4-10-19)18-25(31-28)20-11-5-2-6-12-20;33-29-34-21-15-16-26-23(17-21)22-13-7-8-14-25(22)32(26)27-18-24(19-9-3-1-4-10-19)30-28(31-27)20-11-5-2-6-12-20;33-29-34-21-15-16-25-23(17-21)22-13-7-8-14-24(22)32(25)26-18-30-28(20-11-5-2-6-12-20)31-27(26)19-9-3-1-4-10-19/h1-19,33H;3*1-18,33H. The maximum Gasteiger partial charge on any atom is 0.569 e. The Morgan fingerprint density at radius 1 is 0.206 bits per heavy atom. The predicted molar refractivity (Wildman–Crippen MR) is 546 cm³/mol. The summed E-state index contributed by atoms with van der Waals surface area (Å²) in [4.78, 5) is 34.7. The van der Waals surface area contributed by atoms with Crippen LogP contribution < -0.4 is 18.6 Å². The van der Waals surface area contributed by atoms with E-state index in [1.807, 2.05) is 310 Å². The summed E-state index contributed by atoms with van der Waals surface area (Å²) in [5, 5.41) is 44.8. The molecule has 0 bridgehead atoms. The number of aromatic nitrogens is 11. The minimum Gasteiger partial charge on any atom is -0.537 e. The lowest BCUT2D eigenvalue weighted by molar-refractivity contribution is 0.453. The van der Waals surface area contributed by atoms with Crippen LogP contribution in [0.1, 0.15) is 0 Å². The zero-order valence-electron chi connectivity index (χ0n) is 72.8. The van der Waals surface area contributed by atoms with E-state index in [4.69, 9.17) is 73.6 Å². The number of hydrogen-bond donors (Lipinski definition) is 4. The predicted octanol–water partition coefficient (Wildman–Crippen LogP) is 23.9. The van der Waals surface area contributed by atoms with E-state index in [1.54, 1.807) is 0 Å². The number of benzene rings is 16. The van der Waals surface area contributed by atoms with E-state index < -0.39 is 0 Å². The van der Waals surface area contributed by atoms with Gasteiger partial charge in [-0.25, -0.2) is 34.9 Å². The Hall–Kier alpha value is -17.6. The molecule has 0 aliphatic carbocycles. The Morgan fingerprint density at radius 2 is 0.493 bits per heavy atom. The molecule has 0 spiro atoms. The summed E-state index contributed by atoms with van der Waals surface area (Å²) >= 11 is 0. The Kier molecular flexibility index (Phi) is 24.3. The highest BCUT2D eigenvalue weighted by Crippen LogP contribution is 2.43. The first kappa shape index (κ1) is 85.2. The first-order valence-electron chi connectivity index (χ1n) is 44.0. The second-order valence-corrected chi connectivity index (χ2v) is 31.8. The summed E-state index contributed by atoms with van der Waals surface area (Å²) in [6, 6.07) is 145. The van der Waals surface area contributed by atoms with Gasteiger partial charge in [0.25, 0.3) is 0 Å². The third-order valence-corrected chi connectivity index (χ3v) is 23.7. The van der Waals surface area contributed by atoms with Crippen molar-refractivity contribution in [1.29, 1.82) is 0 Å². The zero-order chi connectivity index (χ0) is 91.6. The molecule has 0 unspecified atom stereocenters. The smallest absolute Gasteiger partial charge is 0.537 e. The van der Waals surface area contributed by atoms with Gasteiger partial charge in [0.2, 0.25) is 5.95 Å². The second-order valence-electron chi connectivity index (χ2n) is 31.8. The Balaban J connectivity index is 0.000000108. The third-order valence-electron chi connectivity index (χ3n) is 23.7. The van der Waals surface area contributed by atoms with Crippen molar-refractivity contribution in [3.05, 3.63) is 443 Å². The van der Waals surface area contributed by atoms with Gasteiger partial charge in [0.05, 0.1) is 95.9 Å². The topological polar surface area (TPSA) is 228 Å². The van der Waals surface area contributed by atoms with Crippen LogP contribution in [0, 0.1) is 0 Å². The van der Waals surface area contributed by atoms with Gasteiger partial charge in [-0.1, -0.05) is 315 Å². The first-order chi connectivity index (χ1) is 67.3. The molecule has 19 nitrogen and oxygen atoms in total. The summed E-state index contributed by atoms with van der Waals surface area (Å²) in [5.41, 5.74) is 23.4. The van der Waals surface area contributed by atoms with Crippen molar-refractivity contribution >= 4 is 118 Å². The average molecular weight is 1760 g/mol. The molecule has 0 aliphatic rings. The van der Waals surface area contributed by atoms with E-state index in [1.165, 1.54) is 0 Å². The molecular weight excluding hydrogens is 1680 g/mol. The van der Waals surface area contributed by atoms with Gasteiger partial charge in [0, 0.05) is 93.7 Å². The monoisotopic (exact) mass is 1760 g/mol. The van der Waals surface area contributed by atoms with Crippen LogP contribution in [0.2, 0.25) is 0 Å². The van der Waals surface area contributed by atoms with Crippen molar-refractivity contribution < 1.29 is 38.7 Å². The number of fused-ring (bicyclic) bond motifs is 12. The van der Waals surface area contributed by atoms with Gasteiger partial charge in [-0.2, -0.15) is 0 Å². The average Bonchev–Trinajstić information content (AvgIpc) is 1.65. The number of para-hydroxylation sites is 4. The van der Waals surface area contributed by atoms with Crippen molar-refractivity contribution in [2.45, 2.75) is 0 Å². The lowest BCUT2D eigenvalue weighted by atomic mass is 10.1. The Morgan fingerprint density at radius 3 is 0.875 bits per heavy atom. The minimum atomic E-state index is 0.557. The van der Waals surface area contributed by atoms with Crippen LogP contribution in [0.5, 0.6) is 23.0 Å². The quantitative estimate of drug-likeness (QED) is 0.0520. The van der Waals surface area contributed by atoms with Crippen LogP contribution in [0.4, 0.5) is 0 Å². The second kappa shape index (κ2) is 38.8. The number of hydrogen-bond acceptors (Lipinski definition) is 15. The number of nitrogens with zero attached hydrogens (tertiary/aromatic N) is 11. The summed E-state index contributed by atoms with van der Waals surface area (Å²) in [6.45, 7) is 0. The molecular formula is C113H77B4N11O8. The molecule has 0 amide bonds. The molecule has 0 saturated carbocycles. The minimum absolute atomic E-state index is 0.557. The summed E-state index contributed by atoms with van der Waals surface area (Å²) in [6.07, 6.45) is 1.90. The highest BCUT2D eigenvalue weighted by atomic mass is 16.5. The molecule has 136 heavy (non-hydrogen) atoms. The van der Waals surface area contributed by atoms with E-state index in [0.717, 1.165) is 183 Å². The lowest BCUT2D eigenvalue weighted by Crippen LogP contribution is -2.04. The molecule has 24 rings (SSSR count). The van der Waals surface area contributed by atoms with Gasteiger partial charge in [0.1, 0.15) is 28.8 Å². The van der Waals surface area contributed by atoms with Crippen molar-refractivity contribution in [2.75, 3.05) is 0 Å². The van der Waals surface area contributed by atoms with Crippen LogP contribution in [-0.2, 0) is 0 Å². The van der Waals surface area contributed by atoms with Gasteiger partial charge in [0.15, 0.2) is 11.6 Å². The van der Waals surface area contributed by atoms with Gasteiger partial charge in [-0.05, 0) is 115 Å². The van der Waals surface area contributed by atoms with Crippen molar-refractivity contribution in [2.24, 2.45) is 0 Å². The summed E-state index contributed by atoms with van der Waals surface area (Å²) in [7, 11) is 2.80. The molecule has 0 atom stereocenters. The zero-order valence-corrected chi connectivity index (χ0v) is 72.8. The van der Waals surface area contributed by atoms with Gasteiger partial charge in [-0.3, -0.25) is 9.13 Å².